The Morgan fingerprint density at radius 1 is 1.00 bits per heavy atom. The third-order valence-corrected chi connectivity index (χ3v) is 2.79. The topological polar surface area (TPSA) is 87.6 Å². The van der Waals surface area contributed by atoms with Gasteiger partial charge in [0, 0.05) is 0 Å². The molecule has 5 nitrogen and oxygen atoms in total. The minimum atomic E-state index is -3.72. The molecule has 0 radical (unpaired) electrons. The molecule has 0 atom stereocenters. The molecule has 94 valence electrons. The van der Waals surface area contributed by atoms with E-state index in [-0.39, 0.29) is 12.8 Å². The SMILES string of the molecule is CCCCCCCCOS(=O)(=O)OC.N. The van der Waals surface area contributed by atoms with Gasteiger partial charge in [-0.3, -0.25) is 4.18 Å². The molecule has 0 saturated carbocycles. The van der Waals surface area contributed by atoms with Gasteiger partial charge < -0.3 is 6.15 Å². The fourth-order valence-electron chi connectivity index (χ4n) is 1.09. The molecule has 3 N–H and O–H groups in total. The van der Waals surface area contributed by atoms with Crippen molar-refractivity contribution in [3.8, 4) is 0 Å². The summed E-state index contributed by atoms with van der Waals surface area (Å²) in [5.41, 5.74) is 0. The summed E-state index contributed by atoms with van der Waals surface area (Å²) in [5, 5.41) is 0. The van der Waals surface area contributed by atoms with Gasteiger partial charge in [-0.1, -0.05) is 39.0 Å². The van der Waals surface area contributed by atoms with Crippen molar-refractivity contribution in [1.29, 1.82) is 0 Å². The minimum absolute atomic E-state index is 0. The zero-order chi connectivity index (χ0) is 10.9. The molecular weight excluding hydrogens is 218 g/mol. The highest BCUT2D eigenvalue weighted by Crippen LogP contribution is 2.05. The highest BCUT2D eigenvalue weighted by molar-refractivity contribution is 7.81. The molecule has 15 heavy (non-hydrogen) atoms. The Labute approximate surface area is 93.1 Å². The molecule has 0 bridgehead atoms. The Hall–Kier alpha value is -0.170. The van der Waals surface area contributed by atoms with Crippen molar-refractivity contribution in [2.24, 2.45) is 0 Å². The number of hydrogen-bond acceptors (Lipinski definition) is 5. The number of rotatable bonds is 9. The van der Waals surface area contributed by atoms with Crippen molar-refractivity contribution in [1.82, 2.24) is 6.15 Å². The summed E-state index contributed by atoms with van der Waals surface area (Å²) in [6, 6.07) is 0. The fourth-order valence-corrected chi connectivity index (χ4v) is 1.51. The predicted octanol–water partition coefficient (Wildman–Crippen LogP) is 2.42. The average Bonchev–Trinajstić information content (AvgIpc) is 2.16. The Morgan fingerprint density at radius 3 is 2.07 bits per heavy atom. The maximum absolute atomic E-state index is 10.7. The lowest BCUT2D eigenvalue weighted by molar-refractivity contribution is 0.238. The molecule has 0 aliphatic carbocycles. The normalized spacial score (nSPS) is 11.1. The number of hydrogen-bond donors (Lipinski definition) is 1. The van der Waals surface area contributed by atoms with Crippen LogP contribution in [0, 0.1) is 0 Å². The summed E-state index contributed by atoms with van der Waals surface area (Å²) in [6.07, 6.45) is 6.61. The van der Waals surface area contributed by atoms with Gasteiger partial charge in [-0.15, -0.1) is 0 Å². The first kappa shape index (κ1) is 17.2. The van der Waals surface area contributed by atoms with E-state index in [0.29, 0.717) is 0 Å². The van der Waals surface area contributed by atoms with Crippen LogP contribution in [0.2, 0.25) is 0 Å². The van der Waals surface area contributed by atoms with Crippen LogP contribution < -0.4 is 6.15 Å². The van der Waals surface area contributed by atoms with Crippen molar-refractivity contribution in [2.45, 2.75) is 45.4 Å². The lowest BCUT2D eigenvalue weighted by Crippen LogP contribution is -2.08. The van der Waals surface area contributed by atoms with Gasteiger partial charge in [0.05, 0.1) is 13.7 Å². The van der Waals surface area contributed by atoms with Crippen molar-refractivity contribution in [3.05, 3.63) is 0 Å². The van der Waals surface area contributed by atoms with Crippen LogP contribution in [-0.2, 0) is 18.8 Å². The highest BCUT2D eigenvalue weighted by atomic mass is 32.3. The maximum atomic E-state index is 10.7. The van der Waals surface area contributed by atoms with Gasteiger partial charge >= 0.3 is 10.4 Å². The van der Waals surface area contributed by atoms with Crippen molar-refractivity contribution < 1.29 is 16.8 Å². The summed E-state index contributed by atoms with van der Waals surface area (Å²) >= 11 is 0. The van der Waals surface area contributed by atoms with E-state index in [2.05, 4.69) is 15.3 Å². The van der Waals surface area contributed by atoms with Gasteiger partial charge in [0.25, 0.3) is 0 Å². The molecule has 0 rings (SSSR count). The second-order valence-corrected chi connectivity index (χ2v) is 4.55. The molecule has 0 aromatic carbocycles. The van der Waals surface area contributed by atoms with Crippen molar-refractivity contribution >= 4 is 10.4 Å². The van der Waals surface area contributed by atoms with Crippen molar-refractivity contribution in [3.63, 3.8) is 0 Å². The van der Waals surface area contributed by atoms with Gasteiger partial charge in [-0.05, 0) is 6.42 Å². The molecule has 0 aliphatic heterocycles. The van der Waals surface area contributed by atoms with Gasteiger partial charge in [0.15, 0.2) is 0 Å². The van der Waals surface area contributed by atoms with Gasteiger partial charge in [0.2, 0.25) is 0 Å². The third-order valence-electron chi connectivity index (χ3n) is 1.93. The molecule has 0 saturated heterocycles. The van der Waals surface area contributed by atoms with E-state index < -0.39 is 10.4 Å². The predicted molar refractivity (Wildman–Crippen MR) is 60.3 cm³/mol. The van der Waals surface area contributed by atoms with Crippen LogP contribution in [-0.4, -0.2) is 22.1 Å². The van der Waals surface area contributed by atoms with Crippen molar-refractivity contribution in [2.75, 3.05) is 13.7 Å². The monoisotopic (exact) mass is 241 g/mol. The third kappa shape index (κ3) is 11.8. The van der Waals surface area contributed by atoms with Crippen LogP contribution in [0.25, 0.3) is 0 Å². The van der Waals surface area contributed by atoms with Gasteiger partial charge in [-0.2, -0.15) is 8.42 Å². The minimum Gasteiger partial charge on any atom is -0.344 e. The fraction of sp³-hybridized carbons (Fsp3) is 1.00. The van der Waals surface area contributed by atoms with E-state index in [1.54, 1.807) is 0 Å². The first-order valence-electron chi connectivity index (χ1n) is 5.07. The maximum Gasteiger partial charge on any atom is 0.399 e. The number of unbranched alkanes of at least 4 members (excludes halogenated alkanes) is 5. The molecule has 0 aromatic heterocycles. The summed E-state index contributed by atoms with van der Waals surface area (Å²) in [7, 11) is -2.62. The molecule has 0 spiro atoms. The molecule has 0 heterocycles. The highest BCUT2D eigenvalue weighted by Gasteiger charge is 2.07. The molecule has 0 unspecified atom stereocenters. The van der Waals surface area contributed by atoms with Crippen LogP contribution in [0.15, 0.2) is 0 Å². The Balaban J connectivity index is 0. The van der Waals surface area contributed by atoms with E-state index >= 15 is 0 Å². The second-order valence-electron chi connectivity index (χ2n) is 3.16. The molecule has 0 fully saturated rings. The van der Waals surface area contributed by atoms with E-state index in [1.165, 1.54) is 19.3 Å². The van der Waals surface area contributed by atoms with E-state index in [1.807, 2.05) is 0 Å². The summed E-state index contributed by atoms with van der Waals surface area (Å²) in [6.45, 7) is 2.39. The summed E-state index contributed by atoms with van der Waals surface area (Å²) < 4.78 is 30.0. The average molecular weight is 241 g/mol. The van der Waals surface area contributed by atoms with Crippen LogP contribution in [0.5, 0.6) is 0 Å². The lowest BCUT2D eigenvalue weighted by Gasteiger charge is -2.02. The second kappa shape index (κ2) is 10.4. The zero-order valence-corrected chi connectivity index (χ0v) is 10.5. The summed E-state index contributed by atoms with van der Waals surface area (Å²) in [5.74, 6) is 0. The van der Waals surface area contributed by atoms with Crippen LogP contribution in [0.4, 0.5) is 0 Å². The largest absolute Gasteiger partial charge is 0.399 e. The van der Waals surface area contributed by atoms with Gasteiger partial charge in [-0.25, -0.2) is 4.18 Å². The Morgan fingerprint density at radius 2 is 1.53 bits per heavy atom. The van der Waals surface area contributed by atoms with E-state index in [4.69, 9.17) is 0 Å². The Bertz CT molecular complexity index is 216. The van der Waals surface area contributed by atoms with Gasteiger partial charge in [0.1, 0.15) is 0 Å². The molecule has 0 aliphatic rings. The lowest BCUT2D eigenvalue weighted by atomic mass is 10.1. The zero-order valence-electron chi connectivity index (χ0n) is 9.70. The molecular formula is C9H23NO4S. The quantitative estimate of drug-likeness (QED) is 0.626. The van der Waals surface area contributed by atoms with E-state index in [9.17, 15) is 8.42 Å². The molecule has 0 amide bonds. The Kier molecular flexibility index (Phi) is 11.9. The first-order valence-corrected chi connectivity index (χ1v) is 6.40. The van der Waals surface area contributed by atoms with Crippen LogP contribution in [0.3, 0.4) is 0 Å². The molecule has 6 heteroatoms. The standard InChI is InChI=1S/C9H20O4S.H3N/c1-3-4-5-6-7-8-9-13-14(10,11)12-2;/h3-9H2,1-2H3;1H3. The smallest absolute Gasteiger partial charge is 0.344 e. The van der Waals surface area contributed by atoms with E-state index in [0.717, 1.165) is 26.4 Å². The van der Waals surface area contributed by atoms with Crippen LogP contribution >= 0.6 is 0 Å². The first-order chi connectivity index (χ1) is 6.62. The van der Waals surface area contributed by atoms with Crippen LogP contribution in [0.1, 0.15) is 45.4 Å². The molecule has 0 aromatic rings. The summed E-state index contributed by atoms with van der Waals surface area (Å²) in [4.78, 5) is 0.